The first-order valence-corrected chi connectivity index (χ1v) is 10.1. The van der Waals surface area contributed by atoms with Crippen LogP contribution in [-0.4, -0.2) is 14.5 Å². The van der Waals surface area contributed by atoms with Gasteiger partial charge in [-0.2, -0.15) is 0 Å². The predicted octanol–water partition coefficient (Wildman–Crippen LogP) is 5.11. The monoisotopic (exact) mass is 405 g/mol. The highest BCUT2D eigenvalue weighted by molar-refractivity contribution is 7.17. The first-order chi connectivity index (χ1) is 14.1. The number of aromatic nitrogens is 3. The van der Waals surface area contributed by atoms with Crippen LogP contribution in [0.2, 0.25) is 0 Å². The zero-order valence-corrected chi connectivity index (χ0v) is 15.8. The summed E-state index contributed by atoms with van der Waals surface area (Å²) in [5.74, 6) is -0.734. The largest absolute Gasteiger partial charge is 0.352 e. The zero-order valence-electron chi connectivity index (χ0n) is 15.0. The second kappa shape index (κ2) is 5.84. The number of nitrogens with one attached hydrogen (secondary N) is 1. The molecule has 29 heavy (non-hydrogen) atoms. The maximum atomic E-state index is 14.4. The fraction of sp³-hybridized carbons (Fsp3) is 0.0909. The summed E-state index contributed by atoms with van der Waals surface area (Å²) < 4.78 is 29.3. The van der Waals surface area contributed by atoms with Crippen molar-refractivity contribution in [2.24, 2.45) is 0 Å². The highest BCUT2D eigenvalue weighted by atomic mass is 32.1. The standard InChI is InChI=1S/C22H13F2N3OS/c23-11-5-6-12(16(24)9-11)15-10-29-21-18(15)22(28)27-8-7-14-13-3-1-2-4-17(13)25-19(14)20(27)26-21/h1-6,9-10,25H,7-8H2. The van der Waals surface area contributed by atoms with E-state index in [4.69, 9.17) is 4.98 Å². The molecule has 0 unspecified atom stereocenters. The molecule has 0 atom stereocenters. The van der Waals surface area contributed by atoms with E-state index in [1.54, 1.807) is 9.95 Å². The molecule has 7 heteroatoms. The minimum Gasteiger partial charge on any atom is -0.352 e. The van der Waals surface area contributed by atoms with E-state index in [2.05, 4.69) is 11.1 Å². The number of H-pyrrole nitrogens is 1. The molecule has 0 spiro atoms. The Morgan fingerprint density at radius 3 is 2.83 bits per heavy atom. The van der Waals surface area contributed by atoms with E-state index in [1.165, 1.54) is 23.5 Å². The van der Waals surface area contributed by atoms with Crippen LogP contribution in [0, 0.1) is 11.6 Å². The van der Waals surface area contributed by atoms with E-state index in [0.717, 1.165) is 28.2 Å². The van der Waals surface area contributed by atoms with Gasteiger partial charge in [-0.15, -0.1) is 11.3 Å². The molecule has 0 bridgehead atoms. The minimum atomic E-state index is -0.690. The summed E-state index contributed by atoms with van der Waals surface area (Å²) in [5, 5.41) is 3.24. The lowest BCUT2D eigenvalue weighted by Gasteiger charge is -2.18. The van der Waals surface area contributed by atoms with Crippen molar-refractivity contribution in [3.63, 3.8) is 0 Å². The van der Waals surface area contributed by atoms with Crippen LogP contribution < -0.4 is 5.56 Å². The van der Waals surface area contributed by atoms with Crippen LogP contribution in [-0.2, 0) is 13.0 Å². The molecule has 0 saturated heterocycles. The van der Waals surface area contributed by atoms with Gasteiger partial charge in [0.05, 0.1) is 11.1 Å². The first kappa shape index (κ1) is 16.6. The van der Waals surface area contributed by atoms with E-state index in [0.29, 0.717) is 34.6 Å². The zero-order chi connectivity index (χ0) is 19.7. The molecule has 0 fully saturated rings. The van der Waals surface area contributed by atoms with Crippen molar-refractivity contribution in [3.05, 3.63) is 75.4 Å². The van der Waals surface area contributed by atoms with Crippen LogP contribution in [0.3, 0.4) is 0 Å². The predicted molar refractivity (Wildman–Crippen MR) is 110 cm³/mol. The maximum Gasteiger partial charge on any atom is 0.263 e. The summed E-state index contributed by atoms with van der Waals surface area (Å²) in [5.41, 5.74) is 3.50. The molecule has 5 aromatic rings. The number of para-hydroxylation sites is 1. The number of nitrogens with zero attached hydrogens (tertiary/aromatic N) is 2. The van der Waals surface area contributed by atoms with E-state index in [9.17, 15) is 13.6 Å². The second-order valence-corrected chi connectivity index (χ2v) is 7.98. The number of fused-ring (bicyclic) bond motifs is 6. The molecule has 1 N–H and O–H groups in total. The third kappa shape index (κ3) is 2.28. The summed E-state index contributed by atoms with van der Waals surface area (Å²) in [7, 11) is 0. The maximum absolute atomic E-state index is 14.4. The van der Waals surface area contributed by atoms with Gasteiger partial charge in [-0.05, 0) is 30.2 Å². The van der Waals surface area contributed by atoms with Crippen molar-refractivity contribution >= 4 is 32.5 Å². The third-order valence-electron chi connectivity index (χ3n) is 5.54. The number of thiophene rings is 1. The molecule has 0 amide bonds. The normalized spacial score (nSPS) is 13.0. The molecule has 4 nitrogen and oxygen atoms in total. The van der Waals surface area contributed by atoms with E-state index >= 15 is 0 Å². The second-order valence-electron chi connectivity index (χ2n) is 7.12. The summed E-state index contributed by atoms with van der Waals surface area (Å²) >= 11 is 1.29. The Hall–Kier alpha value is -3.32. The molecule has 0 aliphatic carbocycles. The van der Waals surface area contributed by atoms with Gasteiger partial charge in [0, 0.05) is 40.0 Å². The van der Waals surface area contributed by atoms with E-state index < -0.39 is 11.6 Å². The minimum absolute atomic E-state index is 0.200. The van der Waals surface area contributed by atoms with Crippen molar-refractivity contribution < 1.29 is 8.78 Å². The van der Waals surface area contributed by atoms with Crippen molar-refractivity contribution in [3.8, 4) is 22.6 Å². The van der Waals surface area contributed by atoms with Gasteiger partial charge in [0.1, 0.15) is 16.5 Å². The summed E-state index contributed by atoms with van der Waals surface area (Å²) in [6, 6.07) is 11.4. The van der Waals surface area contributed by atoms with Gasteiger partial charge in [-0.25, -0.2) is 13.8 Å². The number of aromatic amines is 1. The van der Waals surface area contributed by atoms with Crippen LogP contribution >= 0.6 is 11.3 Å². The number of halogens is 2. The highest BCUT2D eigenvalue weighted by Gasteiger charge is 2.26. The Morgan fingerprint density at radius 1 is 1.10 bits per heavy atom. The smallest absolute Gasteiger partial charge is 0.263 e. The van der Waals surface area contributed by atoms with E-state index in [1.807, 2.05) is 18.2 Å². The van der Waals surface area contributed by atoms with Gasteiger partial charge in [0.15, 0.2) is 5.82 Å². The summed E-state index contributed by atoms with van der Waals surface area (Å²) in [4.78, 5) is 22.1. The number of hydrogen-bond acceptors (Lipinski definition) is 3. The van der Waals surface area contributed by atoms with Crippen LogP contribution in [0.25, 0.3) is 43.8 Å². The molecule has 3 aromatic heterocycles. The summed E-state index contributed by atoms with van der Waals surface area (Å²) in [6.45, 7) is 0.507. The number of rotatable bonds is 1. The number of benzene rings is 2. The van der Waals surface area contributed by atoms with Gasteiger partial charge in [0.2, 0.25) is 0 Å². The van der Waals surface area contributed by atoms with Crippen molar-refractivity contribution in [2.75, 3.05) is 0 Å². The van der Waals surface area contributed by atoms with Gasteiger partial charge in [0.25, 0.3) is 5.56 Å². The Bertz CT molecular complexity index is 1510. The van der Waals surface area contributed by atoms with Crippen LogP contribution in [0.5, 0.6) is 0 Å². The Morgan fingerprint density at radius 2 is 1.97 bits per heavy atom. The fourth-order valence-corrected chi connectivity index (χ4v) is 5.13. The topological polar surface area (TPSA) is 50.7 Å². The number of aryl methyl sites for hydroxylation is 1. The molecular weight excluding hydrogens is 392 g/mol. The quantitative estimate of drug-likeness (QED) is 0.421. The van der Waals surface area contributed by atoms with Gasteiger partial charge >= 0.3 is 0 Å². The molecule has 4 heterocycles. The lowest BCUT2D eigenvalue weighted by molar-refractivity contribution is 0.585. The number of hydrogen-bond donors (Lipinski definition) is 1. The van der Waals surface area contributed by atoms with Gasteiger partial charge in [-0.1, -0.05) is 18.2 Å². The Balaban J connectivity index is 1.64. The molecule has 142 valence electrons. The highest BCUT2D eigenvalue weighted by Crippen LogP contribution is 2.37. The van der Waals surface area contributed by atoms with Crippen LogP contribution in [0.1, 0.15) is 5.56 Å². The molecule has 6 rings (SSSR count). The average Bonchev–Trinajstić information content (AvgIpc) is 3.30. The molecule has 2 aromatic carbocycles. The van der Waals surface area contributed by atoms with Gasteiger partial charge < -0.3 is 4.98 Å². The molecular formula is C22H13F2N3OS. The first-order valence-electron chi connectivity index (χ1n) is 9.19. The van der Waals surface area contributed by atoms with Crippen molar-refractivity contribution in [1.82, 2.24) is 14.5 Å². The van der Waals surface area contributed by atoms with Crippen molar-refractivity contribution in [1.29, 1.82) is 0 Å². The third-order valence-corrected chi connectivity index (χ3v) is 6.41. The van der Waals surface area contributed by atoms with Crippen LogP contribution in [0.4, 0.5) is 8.78 Å². The van der Waals surface area contributed by atoms with Crippen molar-refractivity contribution in [2.45, 2.75) is 13.0 Å². The lowest BCUT2D eigenvalue weighted by Crippen LogP contribution is -2.27. The lowest BCUT2D eigenvalue weighted by atomic mass is 10.0. The molecule has 0 radical (unpaired) electrons. The SMILES string of the molecule is O=c1c2c(-c3ccc(F)cc3F)csc2nc2n1CCc1c-2[nH]c2ccccc12. The fourth-order valence-electron chi connectivity index (χ4n) is 4.20. The summed E-state index contributed by atoms with van der Waals surface area (Å²) in [6.07, 6.45) is 0.712. The molecule has 1 aliphatic heterocycles. The Labute approximate surface area is 167 Å². The molecule has 0 saturated carbocycles. The van der Waals surface area contributed by atoms with Gasteiger partial charge in [-0.3, -0.25) is 9.36 Å². The van der Waals surface area contributed by atoms with Crippen LogP contribution in [0.15, 0.2) is 52.6 Å². The van der Waals surface area contributed by atoms with E-state index in [-0.39, 0.29) is 11.1 Å². The molecule has 1 aliphatic rings. The average molecular weight is 405 g/mol. The Kier molecular flexibility index (Phi) is 3.35.